The van der Waals surface area contributed by atoms with E-state index in [4.69, 9.17) is 22.1 Å². The molecule has 8 nitrogen and oxygen atoms in total. The lowest BCUT2D eigenvalue weighted by Gasteiger charge is -2.14. The molecule has 1 heterocycles. The van der Waals surface area contributed by atoms with E-state index < -0.39 is 23.5 Å². The van der Waals surface area contributed by atoms with E-state index in [9.17, 15) is 19.5 Å². The minimum absolute atomic E-state index is 0.171. The number of phenols is 1. The van der Waals surface area contributed by atoms with Crippen molar-refractivity contribution < 1.29 is 29.3 Å². The largest absolute Gasteiger partial charge is 0.507 e. The monoisotopic (exact) mass is 444 g/mol. The second kappa shape index (κ2) is 8.97. The van der Waals surface area contributed by atoms with Gasteiger partial charge < -0.3 is 20.3 Å². The van der Waals surface area contributed by atoms with Gasteiger partial charge in [-0.15, -0.1) is 0 Å². The molecule has 0 aliphatic carbocycles. The molecule has 2 aromatic carbocycles. The van der Waals surface area contributed by atoms with Gasteiger partial charge in [-0.1, -0.05) is 42.2 Å². The van der Waals surface area contributed by atoms with Crippen molar-refractivity contribution >= 4 is 57.8 Å². The molecule has 1 fully saturated rings. The lowest BCUT2D eigenvalue weighted by atomic mass is 10.1. The highest BCUT2D eigenvalue weighted by Gasteiger charge is 2.33. The number of benzene rings is 2. The van der Waals surface area contributed by atoms with Crippen molar-refractivity contribution in [3.05, 3.63) is 58.5 Å². The molecule has 0 radical (unpaired) electrons. The zero-order chi connectivity index (χ0) is 21.8. The van der Waals surface area contributed by atoms with Crippen molar-refractivity contribution in [1.29, 1.82) is 0 Å². The molecule has 154 valence electrons. The molecule has 30 heavy (non-hydrogen) atoms. The summed E-state index contributed by atoms with van der Waals surface area (Å²) in [6.45, 7) is -0.336. The van der Waals surface area contributed by atoms with Gasteiger partial charge in [-0.3, -0.25) is 14.5 Å². The van der Waals surface area contributed by atoms with Gasteiger partial charge in [0.25, 0.3) is 5.91 Å². The van der Waals surface area contributed by atoms with E-state index in [2.05, 4.69) is 5.32 Å². The number of hydrogen-bond donors (Lipinski definition) is 3. The van der Waals surface area contributed by atoms with E-state index in [1.807, 2.05) is 12.1 Å². The number of thioether (sulfide) groups is 1. The summed E-state index contributed by atoms with van der Waals surface area (Å²) in [4.78, 5) is 37.7. The van der Waals surface area contributed by atoms with Crippen LogP contribution in [0.2, 0.25) is 0 Å². The summed E-state index contributed by atoms with van der Waals surface area (Å²) in [5.41, 5.74) is 0.526. The van der Waals surface area contributed by atoms with Crippen molar-refractivity contribution in [1.82, 2.24) is 4.90 Å². The summed E-state index contributed by atoms with van der Waals surface area (Å²) >= 11 is 6.31. The van der Waals surface area contributed by atoms with Crippen LogP contribution in [0.15, 0.2) is 47.4 Å². The lowest BCUT2D eigenvalue weighted by molar-refractivity contribution is -0.126. The number of aromatic hydroxyl groups is 1. The second-order valence-electron chi connectivity index (χ2n) is 6.10. The number of carboxylic acid groups (broad SMARTS) is 1. The van der Waals surface area contributed by atoms with E-state index in [-0.39, 0.29) is 22.1 Å². The fourth-order valence-corrected chi connectivity index (χ4v) is 3.94. The first kappa shape index (κ1) is 21.3. The molecule has 1 aliphatic rings. The number of carbonyl (C=O) groups excluding carboxylic acids is 2. The van der Waals surface area contributed by atoms with Crippen LogP contribution in [0.4, 0.5) is 5.69 Å². The number of methoxy groups -OCH3 is 1. The van der Waals surface area contributed by atoms with E-state index in [1.54, 1.807) is 18.2 Å². The first-order chi connectivity index (χ1) is 14.3. The molecule has 3 rings (SSSR count). The number of hydrogen-bond acceptors (Lipinski definition) is 7. The quantitative estimate of drug-likeness (QED) is 0.354. The fourth-order valence-electron chi connectivity index (χ4n) is 2.69. The molecule has 2 aromatic rings. The Labute approximate surface area is 181 Å². The van der Waals surface area contributed by atoms with Crippen LogP contribution >= 0.6 is 24.0 Å². The highest BCUT2D eigenvalue weighted by Crippen LogP contribution is 2.34. The number of carboxylic acids is 1. The van der Waals surface area contributed by atoms with Crippen LogP contribution in [-0.4, -0.2) is 50.9 Å². The second-order valence-corrected chi connectivity index (χ2v) is 7.77. The molecule has 1 aliphatic heterocycles. The molecular weight excluding hydrogens is 428 g/mol. The Morgan fingerprint density at radius 2 is 2.00 bits per heavy atom. The molecule has 3 N–H and O–H groups in total. The van der Waals surface area contributed by atoms with Crippen molar-refractivity contribution in [2.75, 3.05) is 19.0 Å². The summed E-state index contributed by atoms with van der Waals surface area (Å²) < 4.78 is 5.50. The molecule has 0 bridgehead atoms. The van der Waals surface area contributed by atoms with Gasteiger partial charge in [0.2, 0.25) is 5.91 Å². The third-order valence-corrected chi connectivity index (χ3v) is 5.49. The number of nitrogens with one attached hydrogen (secondary N) is 1. The highest BCUT2D eigenvalue weighted by atomic mass is 32.2. The molecule has 0 aromatic heterocycles. The standard InChI is InChI=1S/C20H16N2O6S2/c1-28-15-5-3-2-4-11(15)8-16-18(25)22(20(29)30-16)10-17(24)21-12-6-7-14(23)13(9-12)19(26)27/h2-9,23H,10H2,1H3,(H,21,24)(H,26,27). The minimum Gasteiger partial charge on any atom is -0.507 e. The minimum atomic E-state index is -1.33. The van der Waals surface area contributed by atoms with Gasteiger partial charge in [0, 0.05) is 11.3 Å². The van der Waals surface area contributed by atoms with E-state index >= 15 is 0 Å². The van der Waals surface area contributed by atoms with Gasteiger partial charge in [0.15, 0.2) is 0 Å². The molecule has 0 saturated carbocycles. The maximum atomic E-state index is 12.7. The summed E-state index contributed by atoms with van der Waals surface area (Å²) in [6.07, 6.45) is 1.65. The Morgan fingerprint density at radius 3 is 2.70 bits per heavy atom. The van der Waals surface area contributed by atoms with Gasteiger partial charge in [-0.05, 0) is 30.3 Å². The van der Waals surface area contributed by atoms with Gasteiger partial charge in [-0.2, -0.15) is 0 Å². The van der Waals surface area contributed by atoms with Gasteiger partial charge >= 0.3 is 5.97 Å². The predicted octanol–water partition coefficient (Wildman–Crippen LogP) is 2.94. The normalized spacial score (nSPS) is 14.8. The van der Waals surface area contributed by atoms with Crippen LogP contribution in [0.25, 0.3) is 6.08 Å². The van der Waals surface area contributed by atoms with Crippen LogP contribution in [0, 0.1) is 0 Å². The van der Waals surface area contributed by atoms with Gasteiger partial charge in [0.1, 0.15) is 27.9 Å². The summed E-state index contributed by atoms with van der Waals surface area (Å²) in [5, 5.41) is 21.1. The number of amides is 2. The summed E-state index contributed by atoms with van der Waals surface area (Å²) in [6, 6.07) is 10.8. The Hall–Kier alpha value is -3.37. The predicted molar refractivity (Wildman–Crippen MR) is 117 cm³/mol. The van der Waals surface area contributed by atoms with E-state index in [0.29, 0.717) is 16.2 Å². The fraction of sp³-hybridized carbons (Fsp3) is 0.100. The Balaban J connectivity index is 1.73. The van der Waals surface area contributed by atoms with E-state index in [1.165, 1.54) is 13.2 Å². The Morgan fingerprint density at radius 1 is 1.27 bits per heavy atom. The van der Waals surface area contributed by atoms with Crippen molar-refractivity contribution in [3.63, 3.8) is 0 Å². The summed E-state index contributed by atoms with van der Waals surface area (Å²) in [5.74, 6) is -2.13. The average Bonchev–Trinajstić information content (AvgIpc) is 2.97. The molecular formula is C20H16N2O6S2. The molecule has 0 atom stereocenters. The lowest BCUT2D eigenvalue weighted by Crippen LogP contribution is -2.36. The third kappa shape index (κ3) is 4.61. The molecule has 10 heteroatoms. The molecule has 0 unspecified atom stereocenters. The average molecular weight is 444 g/mol. The van der Waals surface area contributed by atoms with Crippen LogP contribution in [0.5, 0.6) is 11.5 Å². The first-order valence-electron chi connectivity index (χ1n) is 8.54. The number of aromatic carboxylic acids is 1. The first-order valence-corrected chi connectivity index (χ1v) is 9.77. The van der Waals surface area contributed by atoms with Gasteiger partial charge in [0.05, 0.1) is 12.0 Å². The molecule has 0 spiro atoms. The number of carbonyl (C=O) groups is 3. The van der Waals surface area contributed by atoms with E-state index in [0.717, 1.165) is 28.8 Å². The topological polar surface area (TPSA) is 116 Å². The molecule has 2 amide bonds. The number of thiocarbonyl (C=S) groups is 1. The third-order valence-electron chi connectivity index (χ3n) is 4.11. The smallest absolute Gasteiger partial charge is 0.339 e. The number of ether oxygens (including phenoxy) is 1. The van der Waals surface area contributed by atoms with Crippen molar-refractivity contribution in [2.24, 2.45) is 0 Å². The number of nitrogens with zero attached hydrogens (tertiary/aromatic N) is 1. The zero-order valence-corrected chi connectivity index (χ0v) is 17.3. The maximum absolute atomic E-state index is 12.7. The van der Waals surface area contributed by atoms with Crippen LogP contribution in [-0.2, 0) is 9.59 Å². The zero-order valence-electron chi connectivity index (χ0n) is 15.6. The van der Waals surface area contributed by atoms with Crippen molar-refractivity contribution in [2.45, 2.75) is 0 Å². The van der Waals surface area contributed by atoms with Gasteiger partial charge in [-0.25, -0.2) is 4.79 Å². The number of anilines is 1. The molecule has 1 saturated heterocycles. The summed E-state index contributed by atoms with van der Waals surface area (Å²) in [7, 11) is 1.53. The van der Waals surface area contributed by atoms with Crippen molar-refractivity contribution in [3.8, 4) is 11.5 Å². The van der Waals surface area contributed by atoms with Crippen LogP contribution < -0.4 is 10.1 Å². The number of rotatable bonds is 6. The number of para-hydroxylation sites is 1. The van der Waals surface area contributed by atoms with Crippen LogP contribution in [0.3, 0.4) is 0 Å². The SMILES string of the molecule is COc1ccccc1C=C1SC(=S)N(CC(=O)Nc2ccc(O)c(C(=O)O)c2)C1=O. The highest BCUT2D eigenvalue weighted by molar-refractivity contribution is 8.26. The Bertz CT molecular complexity index is 1080. The van der Waals surface area contributed by atoms with Crippen LogP contribution in [0.1, 0.15) is 15.9 Å². The maximum Gasteiger partial charge on any atom is 0.339 e. The Kier molecular flexibility index (Phi) is 6.38.